The van der Waals surface area contributed by atoms with Crippen LogP contribution in [0.2, 0.25) is 0 Å². The van der Waals surface area contributed by atoms with E-state index in [0.717, 1.165) is 25.7 Å². The molecule has 6 nitrogen and oxygen atoms in total. The summed E-state index contributed by atoms with van der Waals surface area (Å²) in [5, 5.41) is 6.55. The van der Waals surface area contributed by atoms with Crippen molar-refractivity contribution in [2.75, 3.05) is 13.1 Å². The highest BCUT2D eigenvalue weighted by molar-refractivity contribution is 5.72. The van der Waals surface area contributed by atoms with Crippen LogP contribution in [0.4, 0.5) is 0 Å². The first-order valence-corrected chi connectivity index (χ1v) is 8.87. The topological polar surface area (TPSA) is 76.7 Å². The van der Waals surface area contributed by atoms with Crippen LogP contribution in [0.15, 0.2) is 0 Å². The van der Waals surface area contributed by atoms with Gasteiger partial charge in [-0.05, 0) is 54.4 Å². The number of esters is 2. The summed E-state index contributed by atoms with van der Waals surface area (Å²) < 4.78 is 10.6. The van der Waals surface area contributed by atoms with E-state index in [0.29, 0.717) is 0 Å². The average Bonchev–Trinajstić information content (AvgIpc) is 2.40. The Morgan fingerprint density at radius 1 is 0.792 bits per heavy atom. The smallest absolute Gasteiger partial charge is 0.320 e. The lowest BCUT2D eigenvalue weighted by Gasteiger charge is -2.33. The van der Waals surface area contributed by atoms with Crippen LogP contribution >= 0.6 is 0 Å². The number of hydrogen-bond donors (Lipinski definition) is 2. The third kappa shape index (κ3) is 9.23. The summed E-state index contributed by atoms with van der Waals surface area (Å²) in [5.41, 5.74) is -0.945. The number of hydrogen-bond acceptors (Lipinski definition) is 6. The Balaban J connectivity index is 2.42. The van der Waals surface area contributed by atoms with E-state index in [1.54, 1.807) is 0 Å². The summed E-state index contributed by atoms with van der Waals surface area (Å²) >= 11 is 0. The van der Waals surface area contributed by atoms with E-state index in [1.807, 2.05) is 41.5 Å². The van der Waals surface area contributed by atoms with Crippen molar-refractivity contribution in [1.82, 2.24) is 10.6 Å². The van der Waals surface area contributed by atoms with Gasteiger partial charge in [0.2, 0.25) is 0 Å². The van der Waals surface area contributed by atoms with E-state index in [1.165, 1.54) is 0 Å². The standard InChI is InChI=1S/C18H34N2O4/c1-17(2,3)23-15(21)11-19-13-9-7-8-10-14(13)20-12-16(22)24-18(4,5)6/h13-14,19-20H,7-12H2,1-6H3/t13-,14-/m1/s1. The lowest BCUT2D eigenvalue weighted by atomic mass is 9.90. The normalized spacial score (nSPS) is 22.1. The number of ether oxygens (including phenoxy) is 2. The van der Waals surface area contributed by atoms with Crippen molar-refractivity contribution in [2.24, 2.45) is 0 Å². The molecule has 24 heavy (non-hydrogen) atoms. The Labute approximate surface area is 146 Å². The van der Waals surface area contributed by atoms with E-state index < -0.39 is 11.2 Å². The maximum absolute atomic E-state index is 11.9. The minimum Gasteiger partial charge on any atom is -0.459 e. The molecule has 0 amide bonds. The van der Waals surface area contributed by atoms with Crippen molar-refractivity contribution in [3.8, 4) is 0 Å². The van der Waals surface area contributed by atoms with Crippen LogP contribution in [0.5, 0.6) is 0 Å². The Morgan fingerprint density at radius 2 is 1.12 bits per heavy atom. The fraction of sp³-hybridized carbons (Fsp3) is 0.889. The third-order valence-electron chi connectivity index (χ3n) is 3.62. The molecule has 0 aliphatic heterocycles. The van der Waals surface area contributed by atoms with Gasteiger partial charge in [-0.2, -0.15) is 0 Å². The molecule has 140 valence electrons. The highest BCUT2D eigenvalue weighted by Crippen LogP contribution is 2.19. The van der Waals surface area contributed by atoms with Gasteiger partial charge < -0.3 is 20.1 Å². The molecule has 0 bridgehead atoms. The zero-order valence-electron chi connectivity index (χ0n) is 16.0. The van der Waals surface area contributed by atoms with E-state index in [9.17, 15) is 9.59 Å². The van der Waals surface area contributed by atoms with Gasteiger partial charge in [-0.25, -0.2) is 0 Å². The van der Waals surface area contributed by atoms with Gasteiger partial charge in [0, 0.05) is 12.1 Å². The lowest BCUT2D eigenvalue weighted by Crippen LogP contribution is -2.52. The SMILES string of the molecule is CC(C)(C)OC(=O)CN[C@@H]1CCCC[C@H]1NCC(=O)OC(C)(C)C. The Kier molecular flexibility index (Phi) is 7.67. The van der Waals surface area contributed by atoms with Gasteiger partial charge in [0.15, 0.2) is 0 Å². The van der Waals surface area contributed by atoms with Crippen molar-refractivity contribution in [1.29, 1.82) is 0 Å². The number of carbonyl (C=O) groups is 2. The molecule has 0 saturated heterocycles. The minimum absolute atomic E-state index is 0.161. The molecule has 0 aromatic heterocycles. The predicted octanol–water partition coefficient (Wildman–Crippen LogP) is 2.16. The molecular weight excluding hydrogens is 308 g/mol. The lowest BCUT2D eigenvalue weighted by molar-refractivity contribution is -0.155. The number of carbonyl (C=O) groups excluding carboxylic acids is 2. The van der Waals surface area contributed by atoms with Crippen LogP contribution in [0, 0.1) is 0 Å². The highest BCUT2D eigenvalue weighted by atomic mass is 16.6. The van der Waals surface area contributed by atoms with Gasteiger partial charge >= 0.3 is 11.9 Å². The van der Waals surface area contributed by atoms with E-state index >= 15 is 0 Å². The molecule has 0 aromatic rings. The van der Waals surface area contributed by atoms with E-state index in [4.69, 9.17) is 9.47 Å². The monoisotopic (exact) mass is 342 g/mol. The van der Waals surface area contributed by atoms with Gasteiger partial charge in [-0.15, -0.1) is 0 Å². The van der Waals surface area contributed by atoms with Crippen LogP contribution in [0.25, 0.3) is 0 Å². The fourth-order valence-electron chi connectivity index (χ4n) is 2.80. The zero-order valence-corrected chi connectivity index (χ0v) is 16.0. The van der Waals surface area contributed by atoms with Gasteiger partial charge in [0.25, 0.3) is 0 Å². The maximum atomic E-state index is 11.9. The second-order valence-corrected chi connectivity index (χ2v) is 8.43. The summed E-state index contributed by atoms with van der Waals surface area (Å²) in [5.74, 6) is -0.502. The van der Waals surface area contributed by atoms with E-state index in [-0.39, 0.29) is 37.1 Å². The molecular formula is C18H34N2O4. The molecule has 1 aliphatic rings. The first kappa shape index (κ1) is 20.9. The van der Waals surface area contributed by atoms with Crippen LogP contribution in [-0.2, 0) is 19.1 Å². The fourth-order valence-corrected chi connectivity index (χ4v) is 2.80. The van der Waals surface area contributed by atoms with Crippen LogP contribution in [-0.4, -0.2) is 48.3 Å². The third-order valence-corrected chi connectivity index (χ3v) is 3.62. The molecule has 0 heterocycles. The summed E-state index contributed by atoms with van der Waals surface area (Å²) in [6.45, 7) is 11.5. The molecule has 1 rings (SSSR count). The summed E-state index contributed by atoms with van der Waals surface area (Å²) in [4.78, 5) is 23.7. The van der Waals surface area contributed by atoms with Crippen molar-refractivity contribution in [3.05, 3.63) is 0 Å². The molecule has 1 saturated carbocycles. The Morgan fingerprint density at radius 3 is 1.42 bits per heavy atom. The maximum Gasteiger partial charge on any atom is 0.320 e. The Hall–Kier alpha value is -1.14. The second-order valence-electron chi connectivity index (χ2n) is 8.43. The van der Waals surface area contributed by atoms with Gasteiger partial charge in [-0.1, -0.05) is 12.8 Å². The predicted molar refractivity (Wildman–Crippen MR) is 93.7 cm³/mol. The molecule has 1 aliphatic carbocycles. The van der Waals surface area contributed by atoms with Crippen molar-refractivity contribution in [3.63, 3.8) is 0 Å². The molecule has 0 spiro atoms. The first-order valence-electron chi connectivity index (χ1n) is 8.87. The number of nitrogens with one attached hydrogen (secondary N) is 2. The molecule has 0 radical (unpaired) electrons. The zero-order chi connectivity index (χ0) is 18.4. The molecule has 0 unspecified atom stereocenters. The molecule has 6 heteroatoms. The van der Waals surface area contributed by atoms with Gasteiger partial charge in [-0.3, -0.25) is 9.59 Å². The Bertz CT molecular complexity index is 384. The van der Waals surface area contributed by atoms with Gasteiger partial charge in [0.1, 0.15) is 11.2 Å². The average molecular weight is 342 g/mol. The van der Waals surface area contributed by atoms with Crippen molar-refractivity contribution >= 4 is 11.9 Å². The van der Waals surface area contributed by atoms with Crippen LogP contribution in [0.1, 0.15) is 67.2 Å². The summed E-state index contributed by atoms with van der Waals surface area (Å²) in [7, 11) is 0. The van der Waals surface area contributed by atoms with Crippen LogP contribution in [0.3, 0.4) is 0 Å². The van der Waals surface area contributed by atoms with Crippen molar-refractivity contribution < 1.29 is 19.1 Å². The number of rotatable bonds is 6. The van der Waals surface area contributed by atoms with Crippen LogP contribution < -0.4 is 10.6 Å². The second kappa shape index (κ2) is 8.81. The molecule has 2 atom stereocenters. The highest BCUT2D eigenvalue weighted by Gasteiger charge is 2.27. The van der Waals surface area contributed by atoms with Crippen molar-refractivity contribution in [2.45, 2.75) is 90.5 Å². The molecule has 2 N–H and O–H groups in total. The summed E-state index contributed by atoms with van der Waals surface area (Å²) in [6.07, 6.45) is 4.21. The summed E-state index contributed by atoms with van der Waals surface area (Å²) in [6, 6.07) is 0.322. The molecule has 0 aromatic carbocycles. The van der Waals surface area contributed by atoms with Gasteiger partial charge in [0.05, 0.1) is 13.1 Å². The molecule has 1 fully saturated rings. The quantitative estimate of drug-likeness (QED) is 0.721. The largest absolute Gasteiger partial charge is 0.459 e. The minimum atomic E-state index is -0.473. The first-order chi connectivity index (χ1) is 11.0. The van der Waals surface area contributed by atoms with E-state index in [2.05, 4.69) is 10.6 Å².